The first-order valence-corrected chi connectivity index (χ1v) is 7.89. The first kappa shape index (κ1) is 17.0. The molecule has 2 aromatic rings. The third kappa shape index (κ3) is 3.65. The van der Waals surface area contributed by atoms with Crippen molar-refractivity contribution in [2.24, 2.45) is 4.99 Å². The van der Waals surface area contributed by atoms with E-state index in [4.69, 9.17) is 4.74 Å². The van der Waals surface area contributed by atoms with Gasteiger partial charge in [0.1, 0.15) is 23.7 Å². The lowest BCUT2D eigenvalue weighted by molar-refractivity contribution is -0.155. The Morgan fingerprint density at radius 2 is 2.12 bits per heavy atom. The fourth-order valence-corrected chi connectivity index (χ4v) is 2.60. The van der Waals surface area contributed by atoms with Crippen LogP contribution in [0.1, 0.15) is 26.3 Å². The number of ether oxygens (including phenoxy) is 1. The fourth-order valence-electron chi connectivity index (χ4n) is 2.60. The first-order chi connectivity index (χ1) is 11.7. The van der Waals surface area contributed by atoms with Crippen LogP contribution < -0.4 is 5.56 Å². The van der Waals surface area contributed by atoms with Crippen molar-refractivity contribution in [2.45, 2.75) is 39.3 Å². The zero-order chi connectivity index (χ0) is 18.2. The normalized spacial score (nSPS) is 13.0. The van der Waals surface area contributed by atoms with Gasteiger partial charge in [-0.15, -0.1) is 0 Å². The summed E-state index contributed by atoms with van der Waals surface area (Å²) in [6, 6.07) is 5.88. The highest BCUT2D eigenvalue weighted by Crippen LogP contribution is 2.32. The van der Waals surface area contributed by atoms with Gasteiger partial charge in [-0.1, -0.05) is 12.1 Å². The van der Waals surface area contributed by atoms with E-state index in [-0.39, 0.29) is 6.54 Å². The molecule has 0 fully saturated rings. The lowest BCUT2D eigenvalue weighted by atomic mass is 10.1. The Morgan fingerprint density at radius 3 is 2.80 bits per heavy atom. The largest absolute Gasteiger partial charge is 0.459 e. The summed E-state index contributed by atoms with van der Waals surface area (Å²) in [5.74, 6) is -0.980. The zero-order valence-electron chi connectivity index (χ0n) is 14.2. The number of aromatic nitrogens is 2. The van der Waals surface area contributed by atoms with Crippen LogP contribution in [0, 0.1) is 5.82 Å². The average molecular weight is 343 g/mol. The van der Waals surface area contributed by atoms with Gasteiger partial charge >= 0.3 is 5.97 Å². The summed E-state index contributed by atoms with van der Waals surface area (Å²) in [4.78, 5) is 28.8. The van der Waals surface area contributed by atoms with E-state index in [2.05, 4.69) is 10.1 Å². The van der Waals surface area contributed by atoms with Gasteiger partial charge in [0.2, 0.25) is 0 Å². The van der Waals surface area contributed by atoms with Gasteiger partial charge in [-0.25, -0.2) is 9.07 Å². The maximum Gasteiger partial charge on any atom is 0.328 e. The van der Waals surface area contributed by atoms with Crippen LogP contribution in [0.25, 0.3) is 11.3 Å². The third-order valence-corrected chi connectivity index (χ3v) is 3.54. The second-order valence-corrected chi connectivity index (χ2v) is 6.75. The van der Waals surface area contributed by atoms with E-state index in [1.165, 1.54) is 12.1 Å². The molecule has 0 saturated carbocycles. The topological polar surface area (TPSA) is 73.6 Å². The Bertz CT molecular complexity index is 926. The van der Waals surface area contributed by atoms with Crippen LogP contribution in [0.5, 0.6) is 0 Å². The molecular formula is C18H18FN3O3. The Morgan fingerprint density at radius 1 is 1.36 bits per heavy atom. The molecule has 6 nitrogen and oxygen atoms in total. The van der Waals surface area contributed by atoms with E-state index < -0.39 is 22.9 Å². The van der Waals surface area contributed by atoms with Crippen LogP contribution in [0.2, 0.25) is 0 Å². The van der Waals surface area contributed by atoms with Crippen molar-refractivity contribution in [3.63, 3.8) is 0 Å². The van der Waals surface area contributed by atoms with Gasteiger partial charge in [0.15, 0.2) is 0 Å². The molecule has 130 valence electrons. The molecule has 3 rings (SSSR count). The molecule has 25 heavy (non-hydrogen) atoms. The van der Waals surface area contributed by atoms with Crippen LogP contribution in [0.4, 0.5) is 10.1 Å². The van der Waals surface area contributed by atoms with Crippen molar-refractivity contribution >= 4 is 17.9 Å². The standard InChI is InChI=1S/C18H18FN3O3/c1-18(2,3)25-14(23)10-22-17(24)13-7-8-20-16(13)15(21-22)11-5-4-6-12(19)9-11/h4-6,8-9H,7,10H2,1-3H3. The molecule has 0 unspecified atom stereocenters. The van der Waals surface area contributed by atoms with Gasteiger partial charge in [0.25, 0.3) is 5.56 Å². The average Bonchev–Trinajstić information content (AvgIpc) is 2.98. The Kier molecular flexibility index (Phi) is 4.24. The molecule has 0 saturated heterocycles. The number of hydrogen-bond donors (Lipinski definition) is 0. The lowest BCUT2D eigenvalue weighted by Crippen LogP contribution is -2.33. The molecule has 1 aromatic heterocycles. The molecule has 7 heteroatoms. The van der Waals surface area contributed by atoms with E-state index in [1.54, 1.807) is 39.1 Å². The number of esters is 1. The highest BCUT2D eigenvalue weighted by Gasteiger charge is 2.23. The fraction of sp³-hybridized carbons (Fsp3) is 0.333. The molecule has 0 bridgehead atoms. The SMILES string of the molecule is CC(C)(C)OC(=O)Cn1nc(-c2cccc(F)c2)c2c(c1=O)CC=N2. The Balaban J connectivity index is 2.05. The van der Waals surface area contributed by atoms with Crippen molar-refractivity contribution in [1.82, 2.24) is 9.78 Å². The molecule has 0 atom stereocenters. The summed E-state index contributed by atoms with van der Waals surface area (Å²) < 4.78 is 19.9. The maximum atomic E-state index is 13.6. The second-order valence-electron chi connectivity index (χ2n) is 6.75. The molecule has 1 aliphatic rings. The van der Waals surface area contributed by atoms with Crippen LogP contribution in [0.3, 0.4) is 0 Å². The summed E-state index contributed by atoms with van der Waals surface area (Å²) in [6.45, 7) is 4.92. The molecule has 1 aromatic carbocycles. The maximum absolute atomic E-state index is 13.6. The molecule has 0 radical (unpaired) electrons. The Hall–Kier alpha value is -2.83. The molecule has 0 aliphatic carbocycles. The highest BCUT2D eigenvalue weighted by atomic mass is 19.1. The minimum Gasteiger partial charge on any atom is -0.459 e. The van der Waals surface area contributed by atoms with Crippen LogP contribution in [-0.4, -0.2) is 27.6 Å². The molecule has 1 aliphatic heterocycles. The second kappa shape index (κ2) is 6.23. The molecule has 2 heterocycles. The summed E-state index contributed by atoms with van der Waals surface area (Å²) in [5, 5.41) is 4.25. The quantitative estimate of drug-likeness (QED) is 0.803. The molecular weight excluding hydrogens is 325 g/mol. The highest BCUT2D eigenvalue weighted by molar-refractivity contribution is 5.84. The van der Waals surface area contributed by atoms with Gasteiger partial charge in [0, 0.05) is 18.2 Å². The number of carbonyl (C=O) groups is 1. The number of rotatable bonds is 3. The predicted octanol–water partition coefficient (Wildman–Crippen LogP) is 2.65. The van der Waals surface area contributed by atoms with Crippen molar-refractivity contribution in [2.75, 3.05) is 0 Å². The number of benzene rings is 1. The summed E-state index contributed by atoms with van der Waals surface area (Å²) in [7, 11) is 0. The van der Waals surface area contributed by atoms with Gasteiger partial charge in [-0.05, 0) is 32.9 Å². The van der Waals surface area contributed by atoms with E-state index in [1.807, 2.05) is 0 Å². The number of hydrogen-bond acceptors (Lipinski definition) is 5. The minimum absolute atomic E-state index is 0.314. The van der Waals surface area contributed by atoms with Crippen LogP contribution in [0.15, 0.2) is 34.1 Å². The molecule has 0 spiro atoms. The van der Waals surface area contributed by atoms with Gasteiger partial charge in [-0.2, -0.15) is 5.10 Å². The lowest BCUT2D eigenvalue weighted by Gasteiger charge is -2.20. The van der Waals surface area contributed by atoms with Crippen molar-refractivity contribution < 1.29 is 13.9 Å². The van der Waals surface area contributed by atoms with E-state index in [9.17, 15) is 14.0 Å². The van der Waals surface area contributed by atoms with Gasteiger partial charge < -0.3 is 4.74 Å². The smallest absolute Gasteiger partial charge is 0.328 e. The van der Waals surface area contributed by atoms with E-state index in [0.717, 1.165) is 4.68 Å². The van der Waals surface area contributed by atoms with Crippen molar-refractivity contribution in [3.8, 4) is 11.3 Å². The zero-order valence-corrected chi connectivity index (χ0v) is 14.2. The first-order valence-electron chi connectivity index (χ1n) is 7.89. The van der Waals surface area contributed by atoms with Crippen molar-refractivity contribution in [1.29, 1.82) is 0 Å². The minimum atomic E-state index is -0.661. The summed E-state index contributed by atoms with van der Waals surface area (Å²) in [6.07, 6.45) is 1.96. The number of fused-ring (bicyclic) bond motifs is 1. The van der Waals surface area contributed by atoms with Crippen LogP contribution in [-0.2, 0) is 22.5 Å². The van der Waals surface area contributed by atoms with Crippen LogP contribution >= 0.6 is 0 Å². The number of aliphatic imine (C=N–C) groups is 1. The van der Waals surface area contributed by atoms with Gasteiger partial charge in [0.05, 0.1) is 11.3 Å². The molecule has 0 N–H and O–H groups in total. The third-order valence-electron chi connectivity index (χ3n) is 3.54. The Labute approximate surface area is 144 Å². The monoisotopic (exact) mass is 343 g/mol. The summed E-state index contributed by atoms with van der Waals surface area (Å²) in [5.41, 5.74) is 0.679. The molecule has 0 amide bonds. The number of halogens is 1. The number of carbonyl (C=O) groups excluding carboxylic acids is 1. The predicted molar refractivity (Wildman–Crippen MR) is 91.6 cm³/mol. The number of nitrogens with zero attached hydrogens (tertiary/aromatic N) is 3. The summed E-state index contributed by atoms with van der Waals surface area (Å²) >= 11 is 0. The van der Waals surface area contributed by atoms with E-state index in [0.29, 0.717) is 28.9 Å². The van der Waals surface area contributed by atoms with Crippen molar-refractivity contribution in [3.05, 3.63) is 46.0 Å². The van der Waals surface area contributed by atoms with E-state index >= 15 is 0 Å². The van der Waals surface area contributed by atoms with Gasteiger partial charge in [-0.3, -0.25) is 14.6 Å².